The molecule has 4 nitrogen and oxygen atoms in total. The van der Waals surface area contributed by atoms with Crippen LogP contribution >= 0.6 is 0 Å². The molecule has 0 unspecified atom stereocenters. The zero-order valence-electron chi connectivity index (χ0n) is 15.9. The minimum absolute atomic E-state index is 0.123. The van der Waals surface area contributed by atoms with E-state index in [1.807, 2.05) is 0 Å². The SMILES string of the molecule is C[C@@H](CN1CCN(C)CC1)NC(=O)Cc1ccc([Si](C)(C)C)cc1. The summed E-state index contributed by atoms with van der Waals surface area (Å²) < 4.78 is 0. The van der Waals surface area contributed by atoms with E-state index in [1.165, 1.54) is 5.19 Å². The quantitative estimate of drug-likeness (QED) is 0.793. The Morgan fingerprint density at radius 1 is 1.12 bits per heavy atom. The van der Waals surface area contributed by atoms with Gasteiger partial charge in [-0.2, -0.15) is 0 Å². The second kappa shape index (κ2) is 8.27. The fourth-order valence-electron chi connectivity index (χ4n) is 3.10. The number of carbonyl (C=O) groups is 1. The summed E-state index contributed by atoms with van der Waals surface area (Å²) in [7, 11) is 0.901. The van der Waals surface area contributed by atoms with Crippen molar-refractivity contribution in [3.63, 3.8) is 0 Å². The first kappa shape index (κ1) is 19.2. The van der Waals surface area contributed by atoms with E-state index in [-0.39, 0.29) is 11.9 Å². The molecular formula is C19H33N3OSi. The van der Waals surface area contributed by atoms with Gasteiger partial charge in [-0.3, -0.25) is 9.69 Å². The summed E-state index contributed by atoms with van der Waals surface area (Å²) in [6.07, 6.45) is 0.471. The van der Waals surface area contributed by atoms with Crippen molar-refractivity contribution in [3.8, 4) is 0 Å². The van der Waals surface area contributed by atoms with Crippen LogP contribution in [0.4, 0.5) is 0 Å². The third-order valence-corrected chi connectivity index (χ3v) is 6.79. The number of benzene rings is 1. The Morgan fingerprint density at radius 3 is 2.25 bits per heavy atom. The van der Waals surface area contributed by atoms with Gasteiger partial charge >= 0.3 is 0 Å². The molecule has 1 aromatic rings. The molecule has 1 atom stereocenters. The molecule has 1 aliphatic heterocycles. The van der Waals surface area contributed by atoms with E-state index in [0.717, 1.165) is 38.3 Å². The molecule has 0 aromatic heterocycles. The molecule has 1 N–H and O–H groups in total. The van der Waals surface area contributed by atoms with Gasteiger partial charge in [0.1, 0.15) is 0 Å². The fourth-order valence-corrected chi connectivity index (χ4v) is 4.26. The highest BCUT2D eigenvalue weighted by atomic mass is 28.3. The molecule has 5 heteroatoms. The summed E-state index contributed by atoms with van der Waals surface area (Å²) in [5.74, 6) is 0.123. The molecule has 1 aromatic carbocycles. The van der Waals surface area contributed by atoms with Crippen molar-refractivity contribution in [2.45, 2.75) is 39.0 Å². The van der Waals surface area contributed by atoms with Crippen molar-refractivity contribution in [1.82, 2.24) is 15.1 Å². The van der Waals surface area contributed by atoms with Crippen molar-refractivity contribution in [3.05, 3.63) is 29.8 Å². The number of nitrogens with zero attached hydrogens (tertiary/aromatic N) is 2. The first-order chi connectivity index (χ1) is 11.2. The smallest absolute Gasteiger partial charge is 0.224 e. The Morgan fingerprint density at radius 2 is 1.71 bits per heavy atom. The van der Waals surface area contributed by atoms with Crippen LogP contribution in [0.5, 0.6) is 0 Å². The first-order valence-electron chi connectivity index (χ1n) is 9.04. The van der Waals surface area contributed by atoms with Gasteiger partial charge in [0.25, 0.3) is 0 Å². The van der Waals surface area contributed by atoms with Crippen molar-refractivity contribution >= 4 is 19.2 Å². The Hall–Kier alpha value is -1.17. The number of hydrogen-bond acceptors (Lipinski definition) is 3. The molecule has 134 valence electrons. The van der Waals surface area contributed by atoms with Gasteiger partial charge in [0, 0.05) is 38.8 Å². The van der Waals surface area contributed by atoms with Crippen molar-refractivity contribution in [1.29, 1.82) is 0 Å². The van der Waals surface area contributed by atoms with E-state index in [9.17, 15) is 4.79 Å². The summed E-state index contributed by atoms with van der Waals surface area (Å²) >= 11 is 0. The Labute approximate surface area is 148 Å². The van der Waals surface area contributed by atoms with E-state index in [0.29, 0.717) is 6.42 Å². The van der Waals surface area contributed by atoms with Crippen LogP contribution in [-0.2, 0) is 11.2 Å². The Bertz CT molecular complexity index is 531. The van der Waals surface area contributed by atoms with Crippen LogP contribution in [0.1, 0.15) is 12.5 Å². The number of rotatable bonds is 6. The van der Waals surface area contributed by atoms with Gasteiger partial charge in [-0.25, -0.2) is 0 Å². The molecular weight excluding hydrogens is 314 g/mol. The van der Waals surface area contributed by atoms with Crippen LogP contribution in [0.25, 0.3) is 0 Å². The summed E-state index contributed by atoms with van der Waals surface area (Å²) in [6.45, 7) is 14.5. The van der Waals surface area contributed by atoms with Crippen LogP contribution in [0, 0.1) is 0 Å². The maximum atomic E-state index is 12.3. The fraction of sp³-hybridized carbons (Fsp3) is 0.632. The monoisotopic (exact) mass is 347 g/mol. The summed E-state index contributed by atoms with van der Waals surface area (Å²) in [6, 6.07) is 8.81. The molecule has 1 heterocycles. The van der Waals surface area contributed by atoms with E-state index >= 15 is 0 Å². The third-order valence-electron chi connectivity index (χ3n) is 4.72. The van der Waals surface area contributed by atoms with E-state index in [1.54, 1.807) is 0 Å². The standard InChI is InChI=1S/C19H33N3OSi/c1-16(15-22-12-10-21(2)11-13-22)20-19(23)14-17-6-8-18(9-7-17)24(3,4)5/h6-9,16H,10-15H2,1-5H3,(H,20,23)/t16-/m0/s1. The van der Waals surface area contributed by atoms with Crippen LogP contribution in [0.15, 0.2) is 24.3 Å². The normalized spacial score (nSPS) is 18.4. The highest BCUT2D eigenvalue weighted by Gasteiger charge is 2.18. The lowest BCUT2D eigenvalue weighted by Crippen LogP contribution is -2.49. The molecule has 0 saturated carbocycles. The van der Waals surface area contributed by atoms with Gasteiger partial charge in [0.15, 0.2) is 0 Å². The second-order valence-corrected chi connectivity index (χ2v) is 13.3. The average molecular weight is 348 g/mol. The second-order valence-electron chi connectivity index (χ2n) is 8.20. The Kier molecular flexibility index (Phi) is 6.60. The lowest BCUT2D eigenvalue weighted by Gasteiger charge is -2.34. The first-order valence-corrected chi connectivity index (χ1v) is 12.5. The van der Waals surface area contributed by atoms with Crippen LogP contribution < -0.4 is 10.5 Å². The maximum Gasteiger partial charge on any atom is 0.224 e. The molecule has 2 rings (SSSR count). The number of carbonyl (C=O) groups excluding carboxylic acids is 1. The predicted octanol–water partition coefficient (Wildman–Crippen LogP) is 1.53. The largest absolute Gasteiger partial charge is 0.352 e. The van der Waals surface area contributed by atoms with E-state index in [4.69, 9.17) is 0 Å². The van der Waals surface area contributed by atoms with Gasteiger partial charge < -0.3 is 10.2 Å². The topological polar surface area (TPSA) is 35.6 Å². The highest BCUT2D eigenvalue weighted by Crippen LogP contribution is 2.06. The minimum Gasteiger partial charge on any atom is -0.352 e. The van der Waals surface area contributed by atoms with Crippen LogP contribution in [0.3, 0.4) is 0 Å². The van der Waals surface area contributed by atoms with Crippen LogP contribution in [-0.4, -0.2) is 69.6 Å². The van der Waals surface area contributed by atoms with Gasteiger partial charge in [-0.15, -0.1) is 0 Å². The third kappa shape index (κ3) is 6.04. The average Bonchev–Trinajstić information content (AvgIpc) is 2.49. The molecule has 0 radical (unpaired) electrons. The van der Waals surface area contributed by atoms with Crippen molar-refractivity contribution in [2.24, 2.45) is 0 Å². The zero-order chi connectivity index (χ0) is 17.7. The zero-order valence-corrected chi connectivity index (χ0v) is 16.9. The minimum atomic E-state index is -1.26. The van der Waals surface area contributed by atoms with Crippen molar-refractivity contribution in [2.75, 3.05) is 39.8 Å². The maximum absolute atomic E-state index is 12.3. The molecule has 0 bridgehead atoms. The lowest BCUT2D eigenvalue weighted by atomic mass is 10.1. The molecule has 24 heavy (non-hydrogen) atoms. The number of piperazine rings is 1. The molecule has 1 saturated heterocycles. The van der Waals surface area contributed by atoms with Gasteiger partial charge in [-0.1, -0.05) is 49.1 Å². The van der Waals surface area contributed by atoms with Crippen LogP contribution in [0.2, 0.25) is 19.6 Å². The summed E-state index contributed by atoms with van der Waals surface area (Å²) in [4.78, 5) is 17.1. The molecule has 1 amide bonds. The van der Waals surface area contributed by atoms with E-state index < -0.39 is 8.07 Å². The van der Waals surface area contributed by atoms with Gasteiger partial charge in [-0.05, 0) is 19.5 Å². The summed E-state index contributed by atoms with van der Waals surface area (Å²) in [5.41, 5.74) is 1.10. The van der Waals surface area contributed by atoms with Gasteiger partial charge in [0.2, 0.25) is 5.91 Å². The molecule has 0 spiro atoms. The molecule has 0 aliphatic carbocycles. The molecule has 1 fully saturated rings. The highest BCUT2D eigenvalue weighted by molar-refractivity contribution is 6.88. The van der Waals surface area contributed by atoms with E-state index in [2.05, 4.69) is 73.0 Å². The number of nitrogens with one attached hydrogen (secondary N) is 1. The number of hydrogen-bond donors (Lipinski definition) is 1. The number of amides is 1. The predicted molar refractivity (Wildman–Crippen MR) is 105 cm³/mol. The van der Waals surface area contributed by atoms with Gasteiger partial charge in [0.05, 0.1) is 14.5 Å². The lowest BCUT2D eigenvalue weighted by molar-refractivity contribution is -0.121. The number of likely N-dealkylation sites (N-methyl/N-ethyl adjacent to an activating group) is 1. The summed E-state index contributed by atoms with van der Waals surface area (Å²) in [5, 5.41) is 4.59. The molecule has 1 aliphatic rings. The van der Waals surface area contributed by atoms with Crippen molar-refractivity contribution < 1.29 is 4.79 Å². The Balaban J connectivity index is 1.78.